The molecule has 120 valence electrons. The first-order valence-corrected chi connectivity index (χ1v) is 8.74. The number of hydrogen-bond acceptors (Lipinski definition) is 4. The number of aryl methyl sites for hydroxylation is 1. The molecule has 0 aliphatic heterocycles. The molecule has 4 rings (SSSR count). The molecule has 0 N–H and O–H groups in total. The highest BCUT2D eigenvalue weighted by atomic mass is 32.1. The van der Waals surface area contributed by atoms with Crippen LogP contribution in [-0.4, -0.2) is 14.8 Å². The molecule has 0 spiro atoms. The molecule has 0 bridgehead atoms. The zero-order valence-corrected chi connectivity index (χ0v) is 14.2. The van der Waals surface area contributed by atoms with E-state index in [4.69, 9.17) is 4.74 Å². The lowest BCUT2D eigenvalue weighted by Crippen LogP contribution is -1.95. The molecule has 5 heteroatoms. The molecule has 2 aromatic heterocycles. The molecule has 0 radical (unpaired) electrons. The molecule has 4 nitrogen and oxygen atoms in total. The normalized spacial score (nSPS) is 11.0. The molecule has 0 saturated carbocycles. The van der Waals surface area contributed by atoms with Crippen LogP contribution in [0.5, 0.6) is 5.75 Å². The SMILES string of the molecule is CCn1ccc(-c2ccc(OCc3nc4ccccc4s3)cc2)n1. The fraction of sp³-hybridized carbons (Fsp3) is 0.158. The summed E-state index contributed by atoms with van der Waals surface area (Å²) in [6, 6.07) is 18.2. The number of rotatable bonds is 5. The summed E-state index contributed by atoms with van der Waals surface area (Å²) in [5.41, 5.74) is 3.10. The number of thiazole rings is 1. The van der Waals surface area contributed by atoms with Crippen molar-refractivity contribution in [3.63, 3.8) is 0 Å². The van der Waals surface area contributed by atoms with Gasteiger partial charge in [-0.15, -0.1) is 11.3 Å². The summed E-state index contributed by atoms with van der Waals surface area (Å²) in [5, 5.41) is 5.50. The smallest absolute Gasteiger partial charge is 0.140 e. The van der Waals surface area contributed by atoms with Gasteiger partial charge in [-0.2, -0.15) is 5.10 Å². The van der Waals surface area contributed by atoms with Crippen molar-refractivity contribution < 1.29 is 4.74 Å². The van der Waals surface area contributed by atoms with Crippen LogP contribution in [0.1, 0.15) is 11.9 Å². The third-order valence-electron chi connectivity index (χ3n) is 3.82. The fourth-order valence-electron chi connectivity index (χ4n) is 2.54. The van der Waals surface area contributed by atoms with Crippen molar-refractivity contribution in [2.75, 3.05) is 0 Å². The third-order valence-corrected chi connectivity index (χ3v) is 4.83. The second-order valence-corrected chi connectivity index (χ2v) is 6.56. The standard InChI is InChI=1S/C19H17N3OS/c1-2-22-12-11-16(21-22)14-7-9-15(10-8-14)23-13-19-20-17-5-3-4-6-18(17)24-19/h3-12H,2,13H2,1H3. The monoisotopic (exact) mass is 335 g/mol. The highest BCUT2D eigenvalue weighted by Crippen LogP contribution is 2.24. The number of hydrogen-bond donors (Lipinski definition) is 0. The van der Waals surface area contributed by atoms with E-state index in [9.17, 15) is 0 Å². The fourth-order valence-corrected chi connectivity index (χ4v) is 3.42. The Bertz CT molecular complexity index is 923. The number of aromatic nitrogens is 3. The third kappa shape index (κ3) is 3.03. The molecule has 24 heavy (non-hydrogen) atoms. The molecule has 0 unspecified atom stereocenters. The molecule has 2 heterocycles. The second kappa shape index (κ2) is 6.45. The summed E-state index contributed by atoms with van der Waals surface area (Å²) in [7, 11) is 0. The van der Waals surface area contributed by atoms with Crippen molar-refractivity contribution in [2.45, 2.75) is 20.1 Å². The van der Waals surface area contributed by atoms with Crippen LogP contribution in [0, 0.1) is 0 Å². The quantitative estimate of drug-likeness (QED) is 0.528. The van der Waals surface area contributed by atoms with Gasteiger partial charge in [-0.25, -0.2) is 4.98 Å². The van der Waals surface area contributed by atoms with Gasteiger partial charge in [0.15, 0.2) is 0 Å². The average molecular weight is 335 g/mol. The van der Waals surface area contributed by atoms with Crippen LogP contribution in [0.2, 0.25) is 0 Å². The van der Waals surface area contributed by atoms with Gasteiger partial charge in [0.05, 0.1) is 15.9 Å². The zero-order valence-electron chi connectivity index (χ0n) is 13.3. The lowest BCUT2D eigenvalue weighted by Gasteiger charge is -2.04. The van der Waals surface area contributed by atoms with Gasteiger partial charge in [0, 0.05) is 18.3 Å². The maximum Gasteiger partial charge on any atom is 0.140 e. The number of nitrogens with zero attached hydrogens (tertiary/aromatic N) is 3. The van der Waals surface area contributed by atoms with E-state index >= 15 is 0 Å². The van der Waals surface area contributed by atoms with E-state index in [0.29, 0.717) is 6.61 Å². The van der Waals surface area contributed by atoms with E-state index in [0.717, 1.165) is 34.1 Å². The molecule has 2 aromatic carbocycles. The predicted molar refractivity (Wildman–Crippen MR) is 97.3 cm³/mol. The van der Waals surface area contributed by atoms with Gasteiger partial charge >= 0.3 is 0 Å². The van der Waals surface area contributed by atoms with Crippen molar-refractivity contribution in [2.24, 2.45) is 0 Å². The molecule has 0 amide bonds. The van der Waals surface area contributed by atoms with Gasteiger partial charge in [0.25, 0.3) is 0 Å². The van der Waals surface area contributed by atoms with Crippen molar-refractivity contribution in [3.8, 4) is 17.0 Å². The van der Waals surface area contributed by atoms with Crippen LogP contribution in [0.4, 0.5) is 0 Å². The molecule has 0 aliphatic carbocycles. The van der Waals surface area contributed by atoms with Crippen molar-refractivity contribution in [1.29, 1.82) is 0 Å². The van der Waals surface area contributed by atoms with Crippen LogP contribution >= 0.6 is 11.3 Å². The minimum absolute atomic E-state index is 0.489. The first-order valence-electron chi connectivity index (χ1n) is 7.93. The van der Waals surface area contributed by atoms with E-state index in [-0.39, 0.29) is 0 Å². The molecule has 0 fully saturated rings. The highest BCUT2D eigenvalue weighted by molar-refractivity contribution is 7.18. The summed E-state index contributed by atoms with van der Waals surface area (Å²) in [5.74, 6) is 0.841. The molecule has 0 saturated heterocycles. The Morgan fingerprint density at radius 2 is 1.88 bits per heavy atom. The maximum absolute atomic E-state index is 5.86. The maximum atomic E-state index is 5.86. The first-order chi connectivity index (χ1) is 11.8. The predicted octanol–water partition coefficient (Wildman–Crippen LogP) is 4.76. The van der Waals surface area contributed by atoms with Crippen LogP contribution in [0.15, 0.2) is 60.8 Å². The van der Waals surface area contributed by atoms with Crippen LogP contribution in [-0.2, 0) is 13.2 Å². The van der Waals surface area contributed by atoms with Gasteiger partial charge in [-0.1, -0.05) is 12.1 Å². The van der Waals surface area contributed by atoms with Crippen LogP contribution in [0.3, 0.4) is 0 Å². The van der Waals surface area contributed by atoms with Crippen LogP contribution in [0.25, 0.3) is 21.5 Å². The summed E-state index contributed by atoms with van der Waals surface area (Å²) in [4.78, 5) is 4.59. The highest BCUT2D eigenvalue weighted by Gasteiger charge is 2.05. The van der Waals surface area contributed by atoms with Gasteiger partial charge in [-0.3, -0.25) is 4.68 Å². The van der Waals surface area contributed by atoms with Gasteiger partial charge in [0.1, 0.15) is 17.4 Å². The zero-order chi connectivity index (χ0) is 16.4. The molecular formula is C19H17N3OS. The Labute approximate surface area is 144 Å². The molecular weight excluding hydrogens is 318 g/mol. The topological polar surface area (TPSA) is 39.9 Å². The summed E-state index contributed by atoms with van der Waals surface area (Å²) >= 11 is 1.67. The Morgan fingerprint density at radius 1 is 1.04 bits per heavy atom. The second-order valence-electron chi connectivity index (χ2n) is 5.45. The van der Waals surface area contributed by atoms with Gasteiger partial charge in [-0.05, 0) is 49.4 Å². The van der Waals surface area contributed by atoms with Crippen LogP contribution < -0.4 is 4.74 Å². The first kappa shape index (κ1) is 14.9. The van der Waals surface area contributed by atoms with Gasteiger partial charge in [0.2, 0.25) is 0 Å². The summed E-state index contributed by atoms with van der Waals surface area (Å²) in [6.45, 7) is 3.45. The molecule has 0 atom stereocenters. The van der Waals surface area contributed by atoms with E-state index in [1.165, 1.54) is 4.70 Å². The average Bonchev–Trinajstić information content (AvgIpc) is 3.26. The Balaban J connectivity index is 1.45. The van der Waals surface area contributed by atoms with Crippen molar-refractivity contribution >= 4 is 21.6 Å². The number of para-hydroxylation sites is 1. The number of benzene rings is 2. The lowest BCUT2D eigenvalue weighted by atomic mass is 10.1. The lowest BCUT2D eigenvalue weighted by molar-refractivity contribution is 0.306. The largest absolute Gasteiger partial charge is 0.486 e. The number of fused-ring (bicyclic) bond motifs is 1. The molecule has 0 aliphatic rings. The Hall–Kier alpha value is -2.66. The van der Waals surface area contributed by atoms with E-state index in [2.05, 4.69) is 23.1 Å². The number of ether oxygens (including phenoxy) is 1. The van der Waals surface area contributed by atoms with Crippen molar-refractivity contribution in [3.05, 3.63) is 65.8 Å². The van der Waals surface area contributed by atoms with E-state index in [1.54, 1.807) is 11.3 Å². The van der Waals surface area contributed by atoms with Crippen molar-refractivity contribution in [1.82, 2.24) is 14.8 Å². The summed E-state index contributed by atoms with van der Waals surface area (Å²) in [6.07, 6.45) is 1.99. The molecule has 4 aromatic rings. The minimum Gasteiger partial charge on any atom is -0.486 e. The minimum atomic E-state index is 0.489. The Kier molecular flexibility index (Phi) is 4.01. The van der Waals surface area contributed by atoms with Gasteiger partial charge < -0.3 is 4.74 Å². The van der Waals surface area contributed by atoms with E-state index in [1.807, 2.05) is 59.4 Å². The van der Waals surface area contributed by atoms with E-state index < -0.39 is 0 Å². The summed E-state index contributed by atoms with van der Waals surface area (Å²) < 4.78 is 8.98. The Morgan fingerprint density at radius 3 is 2.62 bits per heavy atom.